The van der Waals surface area contributed by atoms with Crippen molar-refractivity contribution in [1.29, 1.82) is 0 Å². The second-order valence-electron chi connectivity index (χ2n) is 6.56. The highest BCUT2D eigenvalue weighted by Gasteiger charge is 2.21. The summed E-state index contributed by atoms with van der Waals surface area (Å²) < 4.78 is 10.8. The zero-order chi connectivity index (χ0) is 18.5. The maximum Gasteiger partial charge on any atom is 0.309 e. The van der Waals surface area contributed by atoms with E-state index in [9.17, 15) is 4.79 Å². The lowest BCUT2D eigenvalue weighted by Gasteiger charge is -2.12. The van der Waals surface area contributed by atoms with E-state index in [-0.39, 0.29) is 12.4 Å². The van der Waals surface area contributed by atoms with Crippen LogP contribution in [0.15, 0.2) is 47.5 Å². The van der Waals surface area contributed by atoms with Crippen LogP contribution >= 0.6 is 0 Å². The number of carbonyl (C=O) groups excluding carboxylic acids is 1. The Labute approximate surface area is 154 Å². The summed E-state index contributed by atoms with van der Waals surface area (Å²) in [6, 6.07) is 14.0. The molecule has 1 aliphatic rings. The molecule has 5 nitrogen and oxygen atoms in total. The number of aliphatic imine (C=N–C) groups is 1. The van der Waals surface area contributed by atoms with Gasteiger partial charge in [-0.25, -0.2) is 0 Å². The first-order valence-electron chi connectivity index (χ1n) is 8.69. The van der Waals surface area contributed by atoms with Crippen molar-refractivity contribution in [2.75, 3.05) is 34.3 Å². The monoisotopic (exact) mass is 352 g/mol. The zero-order valence-electron chi connectivity index (χ0n) is 15.5. The molecule has 0 N–H and O–H groups in total. The van der Waals surface area contributed by atoms with Crippen LogP contribution in [0.2, 0.25) is 0 Å². The van der Waals surface area contributed by atoms with Crippen molar-refractivity contribution in [3.63, 3.8) is 0 Å². The van der Waals surface area contributed by atoms with Crippen LogP contribution in [0.1, 0.15) is 22.3 Å². The third-order valence-electron chi connectivity index (χ3n) is 4.35. The molecule has 136 valence electrons. The summed E-state index contributed by atoms with van der Waals surface area (Å²) in [6.07, 6.45) is 0.229. The number of hydrogen-bond donors (Lipinski definition) is 0. The Morgan fingerprint density at radius 1 is 1.19 bits per heavy atom. The van der Waals surface area contributed by atoms with Crippen LogP contribution in [0, 0.1) is 0 Å². The van der Waals surface area contributed by atoms with E-state index in [0.29, 0.717) is 13.2 Å². The highest BCUT2D eigenvalue weighted by atomic mass is 16.5. The number of likely N-dealkylation sites (N-methyl/N-ethyl adjacent to an activating group) is 1. The molecule has 0 atom stereocenters. The van der Waals surface area contributed by atoms with Gasteiger partial charge in [-0.3, -0.25) is 9.79 Å². The van der Waals surface area contributed by atoms with Crippen LogP contribution in [0.3, 0.4) is 0 Å². The first-order valence-corrected chi connectivity index (χ1v) is 8.69. The highest BCUT2D eigenvalue weighted by molar-refractivity contribution is 6.15. The fourth-order valence-corrected chi connectivity index (χ4v) is 2.94. The van der Waals surface area contributed by atoms with Gasteiger partial charge >= 0.3 is 5.97 Å². The Morgan fingerprint density at radius 2 is 2.00 bits per heavy atom. The van der Waals surface area contributed by atoms with Crippen molar-refractivity contribution in [3.8, 4) is 5.75 Å². The van der Waals surface area contributed by atoms with Gasteiger partial charge in [-0.2, -0.15) is 0 Å². The summed E-state index contributed by atoms with van der Waals surface area (Å²) in [6.45, 7) is 2.07. The topological polar surface area (TPSA) is 51.1 Å². The average molecular weight is 352 g/mol. The molecule has 2 aromatic rings. The van der Waals surface area contributed by atoms with Gasteiger partial charge in [-0.05, 0) is 37.4 Å². The zero-order valence-corrected chi connectivity index (χ0v) is 15.5. The molecule has 3 rings (SSSR count). The van der Waals surface area contributed by atoms with E-state index < -0.39 is 0 Å². The average Bonchev–Trinajstić information content (AvgIpc) is 2.78. The Bertz CT molecular complexity index is 828. The molecule has 1 heterocycles. The van der Waals surface area contributed by atoms with Crippen LogP contribution in [-0.4, -0.2) is 50.9 Å². The van der Waals surface area contributed by atoms with E-state index in [1.165, 1.54) is 7.11 Å². The minimum atomic E-state index is -0.262. The lowest BCUT2D eigenvalue weighted by Crippen LogP contribution is -2.17. The van der Waals surface area contributed by atoms with Gasteiger partial charge in [0.2, 0.25) is 0 Å². The van der Waals surface area contributed by atoms with Gasteiger partial charge in [0.05, 0.1) is 25.8 Å². The second-order valence-corrected chi connectivity index (χ2v) is 6.56. The molecule has 2 aromatic carbocycles. The van der Waals surface area contributed by atoms with Gasteiger partial charge in [0.15, 0.2) is 0 Å². The largest absolute Gasteiger partial charge is 0.488 e. The van der Waals surface area contributed by atoms with E-state index in [2.05, 4.69) is 17.0 Å². The summed E-state index contributed by atoms with van der Waals surface area (Å²) in [5, 5.41) is 0. The first-order chi connectivity index (χ1) is 12.6. The van der Waals surface area contributed by atoms with Gasteiger partial charge in [-0.15, -0.1) is 0 Å². The van der Waals surface area contributed by atoms with E-state index in [0.717, 1.165) is 40.3 Å². The molecule has 0 radical (unpaired) electrons. The Hall–Kier alpha value is -2.66. The fraction of sp³-hybridized carbons (Fsp3) is 0.333. The number of hydrogen-bond acceptors (Lipinski definition) is 5. The minimum absolute atomic E-state index is 0.229. The number of benzene rings is 2. The molecule has 5 heteroatoms. The van der Waals surface area contributed by atoms with Crippen LogP contribution in [0.5, 0.6) is 5.75 Å². The van der Waals surface area contributed by atoms with Gasteiger partial charge < -0.3 is 14.4 Å². The van der Waals surface area contributed by atoms with Crippen LogP contribution in [0.4, 0.5) is 0 Å². The molecule has 0 bridgehead atoms. The van der Waals surface area contributed by atoms with Crippen molar-refractivity contribution < 1.29 is 14.3 Å². The standard InChI is InChI=1S/C21H24N2O3/c1-23(2)11-10-22-21-17-7-5-4-6-16(17)14-26-19-12-15(8-9-18(19)21)13-20(24)25-3/h4-9,12H,10-11,13-14H2,1-3H3/b22-21+. The number of fused-ring (bicyclic) bond motifs is 2. The van der Waals surface area contributed by atoms with E-state index in [4.69, 9.17) is 14.5 Å². The molecular weight excluding hydrogens is 328 g/mol. The summed E-state index contributed by atoms with van der Waals surface area (Å²) in [4.78, 5) is 18.6. The maximum atomic E-state index is 11.6. The summed E-state index contributed by atoms with van der Waals surface area (Å²) in [5.74, 6) is 0.493. The molecule has 1 aliphatic heterocycles. The van der Waals surface area contributed by atoms with E-state index in [1.54, 1.807) is 0 Å². The lowest BCUT2D eigenvalue weighted by molar-refractivity contribution is -0.139. The summed E-state index contributed by atoms with van der Waals surface area (Å²) in [5.41, 5.74) is 4.99. The van der Waals surface area contributed by atoms with Crippen LogP contribution in [0.25, 0.3) is 0 Å². The van der Waals surface area contributed by atoms with Crippen molar-refractivity contribution in [2.24, 2.45) is 4.99 Å². The first kappa shape index (κ1) is 18.1. The van der Waals surface area contributed by atoms with Crippen molar-refractivity contribution >= 4 is 11.7 Å². The van der Waals surface area contributed by atoms with Crippen molar-refractivity contribution in [2.45, 2.75) is 13.0 Å². The Morgan fingerprint density at radius 3 is 2.77 bits per heavy atom. The predicted octanol–water partition coefficient (Wildman–Crippen LogP) is 2.69. The lowest BCUT2D eigenvalue weighted by atomic mass is 9.97. The highest BCUT2D eigenvalue weighted by Crippen LogP contribution is 2.30. The number of methoxy groups -OCH3 is 1. The number of esters is 1. The minimum Gasteiger partial charge on any atom is -0.488 e. The molecule has 0 saturated heterocycles. The quantitative estimate of drug-likeness (QED) is 0.777. The van der Waals surface area contributed by atoms with Crippen molar-refractivity contribution in [1.82, 2.24) is 4.90 Å². The molecule has 0 spiro atoms. The smallest absolute Gasteiger partial charge is 0.309 e. The molecule has 0 unspecified atom stereocenters. The van der Waals surface area contributed by atoms with Crippen LogP contribution < -0.4 is 4.74 Å². The normalized spacial score (nSPS) is 14.4. The van der Waals surface area contributed by atoms with E-state index >= 15 is 0 Å². The fourth-order valence-electron chi connectivity index (χ4n) is 2.94. The SMILES string of the molecule is COC(=O)Cc1ccc2c(c1)OCc1ccccc1/C2=N\CCN(C)C. The van der Waals surface area contributed by atoms with Gasteiger partial charge in [0, 0.05) is 17.7 Å². The summed E-state index contributed by atoms with van der Waals surface area (Å²) in [7, 11) is 5.48. The number of carbonyl (C=O) groups is 1. The molecule has 0 saturated carbocycles. The molecular formula is C21H24N2O3. The van der Waals surface area contributed by atoms with E-state index in [1.807, 2.05) is 44.4 Å². The third-order valence-corrected chi connectivity index (χ3v) is 4.35. The van der Waals surface area contributed by atoms with Crippen LogP contribution in [-0.2, 0) is 22.6 Å². The Balaban J connectivity index is 2.01. The molecule has 0 amide bonds. The number of nitrogens with zero attached hydrogens (tertiary/aromatic N) is 2. The van der Waals surface area contributed by atoms with Crippen molar-refractivity contribution in [3.05, 3.63) is 64.7 Å². The molecule has 0 fully saturated rings. The third kappa shape index (κ3) is 4.11. The van der Waals surface area contributed by atoms with Gasteiger partial charge in [-0.1, -0.05) is 30.3 Å². The maximum absolute atomic E-state index is 11.6. The molecule has 0 aromatic heterocycles. The second kappa shape index (κ2) is 8.15. The molecule has 0 aliphatic carbocycles. The number of ether oxygens (including phenoxy) is 2. The molecule has 26 heavy (non-hydrogen) atoms. The Kier molecular flexibility index (Phi) is 5.68. The summed E-state index contributed by atoms with van der Waals surface area (Å²) >= 11 is 0. The van der Waals surface area contributed by atoms with Gasteiger partial charge in [0.25, 0.3) is 0 Å². The van der Waals surface area contributed by atoms with Gasteiger partial charge in [0.1, 0.15) is 12.4 Å². The number of rotatable bonds is 5. The predicted molar refractivity (Wildman–Crippen MR) is 102 cm³/mol.